The number of hydrogen-bond donors (Lipinski definition) is 1. The number of nitrogens with zero attached hydrogens (tertiary/aromatic N) is 3. The number of likely N-dealkylation sites (N-methyl/N-ethyl adjacent to an activating group) is 1. The third kappa shape index (κ3) is 5.81. The molecule has 2 atom stereocenters. The zero-order chi connectivity index (χ0) is 26.9. The fourth-order valence-corrected chi connectivity index (χ4v) is 5.45. The van der Waals surface area contributed by atoms with Crippen LogP contribution >= 0.6 is 0 Å². The summed E-state index contributed by atoms with van der Waals surface area (Å²) in [5.41, 5.74) is -0.0163. The van der Waals surface area contributed by atoms with Crippen LogP contribution in [-0.2, 0) is 17.3 Å². The largest absolute Gasteiger partial charge is 0.419 e. The lowest BCUT2D eigenvalue weighted by molar-refractivity contribution is -0.140. The van der Waals surface area contributed by atoms with Gasteiger partial charge in [0.2, 0.25) is 0 Å². The molecule has 0 unspecified atom stereocenters. The molecule has 2 aromatic carbocycles. The number of nitrogens with one attached hydrogen (secondary N) is 1. The van der Waals surface area contributed by atoms with Crippen LogP contribution in [-0.4, -0.2) is 53.6 Å². The van der Waals surface area contributed by atoms with Crippen molar-refractivity contribution >= 4 is 16.8 Å². The lowest BCUT2D eigenvalue weighted by Crippen LogP contribution is -2.41. The van der Waals surface area contributed by atoms with E-state index in [1.54, 1.807) is 24.4 Å². The van der Waals surface area contributed by atoms with Gasteiger partial charge in [-0.25, -0.2) is 14.4 Å². The molecule has 0 radical (unpaired) electrons. The van der Waals surface area contributed by atoms with Gasteiger partial charge in [0.05, 0.1) is 17.1 Å². The molecule has 2 fully saturated rings. The van der Waals surface area contributed by atoms with Gasteiger partial charge >= 0.3 is 6.18 Å². The van der Waals surface area contributed by atoms with Gasteiger partial charge in [-0.05, 0) is 75.0 Å². The van der Waals surface area contributed by atoms with E-state index in [1.165, 1.54) is 6.07 Å². The van der Waals surface area contributed by atoms with Gasteiger partial charge in [-0.3, -0.25) is 4.79 Å². The Balaban J connectivity index is 1.40. The van der Waals surface area contributed by atoms with Crippen LogP contribution < -0.4 is 5.32 Å². The highest BCUT2D eigenvalue weighted by Crippen LogP contribution is 2.35. The van der Waals surface area contributed by atoms with Crippen LogP contribution in [0.5, 0.6) is 0 Å². The van der Waals surface area contributed by atoms with E-state index in [4.69, 9.17) is 4.74 Å². The molecule has 202 valence electrons. The van der Waals surface area contributed by atoms with Crippen LogP contribution in [0.3, 0.4) is 0 Å². The van der Waals surface area contributed by atoms with Crippen LogP contribution in [0.4, 0.5) is 17.6 Å². The van der Waals surface area contributed by atoms with E-state index in [2.05, 4.69) is 15.3 Å². The first-order valence-electron chi connectivity index (χ1n) is 12.9. The topological polar surface area (TPSA) is 67.4 Å². The Morgan fingerprint density at radius 1 is 1.16 bits per heavy atom. The summed E-state index contributed by atoms with van der Waals surface area (Å²) in [4.78, 5) is 24.6. The quantitative estimate of drug-likeness (QED) is 0.437. The molecule has 6 nitrogen and oxygen atoms in total. The third-order valence-corrected chi connectivity index (χ3v) is 7.61. The molecular formula is C28H30F4N4O2. The SMILES string of the molecule is CN1CCC[C@@H]1[C@@H](NC(=O)c1ccc2cnc(CC3CCOCC3)nc2c1)c1ccc(C(F)(F)F)c(F)c1. The molecule has 0 saturated carbocycles. The molecule has 10 heteroatoms. The highest BCUT2D eigenvalue weighted by atomic mass is 19.4. The molecular weight excluding hydrogens is 500 g/mol. The summed E-state index contributed by atoms with van der Waals surface area (Å²) in [6.07, 6.45) is 1.23. The van der Waals surface area contributed by atoms with Crippen LogP contribution in [0.15, 0.2) is 42.6 Å². The van der Waals surface area contributed by atoms with Crippen molar-refractivity contribution in [3.63, 3.8) is 0 Å². The van der Waals surface area contributed by atoms with Crippen molar-refractivity contribution in [2.45, 2.75) is 50.4 Å². The molecule has 38 heavy (non-hydrogen) atoms. The number of carbonyl (C=O) groups excluding carboxylic acids is 1. The van der Waals surface area contributed by atoms with E-state index in [9.17, 15) is 22.4 Å². The summed E-state index contributed by atoms with van der Waals surface area (Å²) < 4.78 is 59.3. The first-order valence-corrected chi connectivity index (χ1v) is 12.9. The van der Waals surface area contributed by atoms with Gasteiger partial charge in [-0.15, -0.1) is 0 Å². The number of carbonyl (C=O) groups is 1. The number of halogens is 4. The first kappa shape index (κ1) is 26.5. The van der Waals surface area contributed by atoms with Gasteiger partial charge in [0.15, 0.2) is 0 Å². The number of likely N-dealkylation sites (tertiary alicyclic amines) is 1. The van der Waals surface area contributed by atoms with Gasteiger partial charge in [0.1, 0.15) is 11.6 Å². The Morgan fingerprint density at radius 3 is 2.63 bits per heavy atom. The van der Waals surface area contributed by atoms with Gasteiger partial charge in [-0.1, -0.05) is 12.1 Å². The van der Waals surface area contributed by atoms with E-state index >= 15 is 0 Å². The summed E-state index contributed by atoms with van der Waals surface area (Å²) >= 11 is 0. The summed E-state index contributed by atoms with van der Waals surface area (Å²) in [6.45, 7) is 2.26. The number of hydrogen-bond acceptors (Lipinski definition) is 5. The Morgan fingerprint density at radius 2 is 1.95 bits per heavy atom. The second-order valence-electron chi connectivity index (χ2n) is 10.2. The standard InChI is InChI=1S/C28H30F4N4O2/c1-36-10-2-3-24(36)26(18-6-7-21(22(29)14-18)28(30,31)32)35-27(37)19-4-5-20-16-33-25(34-23(20)15-19)13-17-8-11-38-12-9-17/h4-7,14-17,24,26H,2-3,8-13H2,1H3,(H,35,37)/t24-,26+/m1/s1. The van der Waals surface area contributed by atoms with E-state index in [0.29, 0.717) is 28.4 Å². The Hall–Kier alpha value is -3.11. The molecule has 1 amide bonds. The molecule has 0 aliphatic carbocycles. The minimum atomic E-state index is -4.79. The summed E-state index contributed by atoms with van der Waals surface area (Å²) in [7, 11) is 1.89. The van der Waals surface area contributed by atoms with Crippen LogP contribution in [0.2, 0.25) is 0 Å². The van der Waals surface area contributed by atoms with Crippen LogP contribution in [0.25, 0.3) is 10.9 Å². The lowest BCUT2D eigenvalue weighted by atomic mass is 9.95. The van der Waals surface area contributed by atoms with Crippen molar-refractivity contribution in [3.8, 4) is 0 Å². The molecule has 1 N–H and O–H groups in total. The van der Waals surface area contributed by atoms with Crippen LogP contribution in [0.1, 0.15) is 59.0 Å². The normalized spacial score (nSPS) is 20.1. The maximum Gasteiger partial charge on any atom is 0.419 e. The molecule has 0 spiro atoms. The van der Waals surface area contributed by atoms with E-state index in [1.807, 2.05) is 11.9 Å². The van der Waals surface area contributed by atoms with Crippen molar-refractivity contribution in [1.82, 2.24) is 20.2 Å². The molecule has 2 aliphatic rings. The maximum absolute atomic E-state index is 14.5. The number of benzene rings is 2. The third-order valence-electron chi connectivity index (χ3n) is 7.61. The van der Waals surface area contributed by atoms with Gasteiger partial charge in [0.25, 0.3) is 5.91 Å². The van der Waals surface area contributed by atoms with Crippen LogP contribution in [0, 0.1) is 11.7 Å². The molecule has 2 aliphatic heterocycles. The number of fused-ring (bicyclic) bond motifs is 1. The van der Waals surface area contributed by atoms with Crippen molar-refractivity contribution in [2.24, 2.45) is 5.92 Å². The monoisotopic (exact) mass is 530 g/mol. The number of alkyl halides is 3. The number of rotatable bonds is 6. The molecule has 1 aromatic heterocycles. The van der Waals surface area contributed by atoms with Gasteiger partial charge < -0.3 is 15.0 Å². The second-order valence-corrected chi connectivity index (χ2v) is 10.2. The van der Waals surface area contributed by atoms with Crippen molar-refractivity contribution in [3.05, 3.63) is 70.9 Å². The highest BCUT2D eigenvalue weighted by molar-refractivity contribution is 5.98. The fraction of sp³-hybridized carbons (Fsp3) is 0.464. The molecule has 3 aromatic rings. The fourth-order valence-electron chi connectivity index (χ4n) is 5.45. The summed E-state index contributed by atoms with van der Waals surface area (Å²) in [6, 6.07) is 7.16. The maximum atomic E-state index is 14.5. The summed E-state index contributed by atoms with van der Waals surface area (Å²) in [5.74, 6) is -0.579. The molecule has 3 heterocycles. The van der Waals surface area contributed by atoms with Crippen molar-refractivity contribution in [1.29, 1.82) is 0 Å². The number of amides is 1. The zero-order valence-corrected chi connectivity index (χ0v) is 21.1. The Labute approximate surface area is 218 Å². The Bertz CT molecular complexity index is 1310. The predicted octanol–water partition coefficient (Wildman–Crippen LogP) is 5.32. The first-order chi connectivity index (χ1) is 18.2. The predicted molar refractivity (Wildman–Crippen MR) is 134 cm³/mol. The van der Waals surface area contributed by atoms with Gasteiger partial charge in [0, 0.05) is 42.8 Å². The number of ether oxygens (including phenoxy) is 1. The zero-order valence-electron chi connectivity index (χ0n) is 21.1. The molecule has 5 rings (SSSR count). The van der Waals surface area contributed by atoms with Crippen molar-refractivity contribution in [2.75, 3.05) is 26.8 Å². The molecule has 0 bridgehead atoms. The van der Waals surface area contributed by atoms with E-state index < -0.39 is 29.5 Å². The van der Waals surface area contributed by atoms with E-state index in [0.717, 1.165) is 69.4 Å². The average Bonchev–Trinajstić information content (AvgIpc) is 3.32. The Kier molecular flexibility index (Phi) is 7.63. The summed E-state index contributed by atoms with van der Waals surface area (Å²) in [5, 5.41) is 3.77. The lowest BCUT2D eigenvalue weighted by Gasteiger charge is -2.30. The second kappa shape index (κ2) is 10.9. The average molecular weight is 531 g/mol. The van der Waals surface area contributed by atoms with Gasteiger partial charge in [-0.2, -0.15) is 13.2 Å². The van der Waals surface area contributed by atoms with Crippen molar-refractivity contribution < 1.29 is 27.1 Å². The number of aromatic nitrogens is 2. The minimum Gasteiger partial charge on any atom is -0.381 e. The smallest absolute Gasteiger partial charge is 0.381 e. The minimum absolute atomic E-state index is 0.177. The molecule has 2 saturated heterocycles. The highest BCUT2D eigenvalue weighted by Gasteiger charge is 2.36. The van der Waals surface area contributed by atoms with E-state index in [-0.39, 0.29) is 6.04 Å².